The molecule has 2 aliphatic carbocycles. The largest absolute Gasteiger partial charge is 0.327 e. The summed E-state index contributed by atoms with van der Waals surface area (Å²) in [5, 5.41) is 0. The van der Waals surface area contributed by atoms with Gasteiger partial charge in [-0.05, 0) is 37.7 Å². The minimum atomic E-state index is 0.351. The zero-order valence-corrected chi connectivity index (χ0v) is 10.1. The van der Waals surface area contributed by atoms with E-state index in [9.17, 15) is 0 Å². The zero-order chi connectivity index (χ0) is 11.2. The smallest absolute Gasteiger partial charge is 0.0149 e. The lowest BCUT2D eigenvalue weighted by molar-refractivity contribution is 0.404. The van der Waals surface area contributed by atoms with Crippen molar-refractivity contribution in [3.63, 3.8) is 0 Å². The summed E-state index contributed by atoms with van der Waals surface area (Å²) in [7, 11) is 0. The van der Waals surface area contributed by atoms with Gasteiger partial charge in [0.25, 0.3) is 0 Å². The minimum absolute atomic E-state index is 0.351. The monoisotopic (exact) mass is 215 g/mol. The number of nitrogens with two attached hydrogens (primary N) is 1. The first-order valence-corrected chi connectivity index (χ1v) is 6.56. The molecule has 3 rings (SSSR count). The lowest BCUT2D eigenvalue weighted by atomic mass is 9.80. The van der Waals surface area contributed by atoms with Gasteiger partial charge in [0.15, 0.2) is 0 Å². The fraction of sp³-hybridized carbons (Fsp3) is 0.600. The second-order valence-electron chi connectivity index (χ2n) is 5.70. The minimum Gasteiger partial charge on any atom is -0.327 e. The van der Waals surface area contributed by atoms with Crippen LogP contribution in [-0.4, -0.2) is 6.04 Å². The number of aryl methyl sites for hydroxylation is 1. The summed E-state index contributed by atoms with van der Waals surface area (Å²) in [6.07, 6.45) is 6.81. The van der Waals surface area contributed by atoms with Crippen molar-refractivity contribution in [3.8, 4) is 0 Å². The number of hydrogen-bond acceptors (Lipinski definition) is 1. The van der Waals surface area contributed by atoms with Crippen molar-refractivity contribution in [1.29, 1.82) is 0 Å². The van der Waals surface area contributed by atoms with Crippen LogP contribution in [-0.2, 0) is 5.41 Å². The van der Waals surface area contributed by atoms with E-state index in [1.165, 1.54) is 43.2 Å². The Kier molecular flexibility index (Phi) is 2.32. The molecule has 86 valence electrons. The number of hydrogen-bond donors (Lipinski definition) is 1. The summed E-state index contributed by atoms with van der Waals surface area (Å²) in [6, 6.07) is 9.49. The highest BCUT2D eigenvalue weighted by Crippen LogP contribution is 2.57. The molecule has 0 heterocycles. The lowest BCUT2D eigenvalue weighted by Gasteiger charge is -2.24. The van der Waals surface area contributed by atoms with Crippen LogP contribution in [0.25, 0.3) is 0 Å². The standard InChI is InChI=1S/C15H21N/c1-11-6-8-13(9-7-11)15(10-14(15)16)12-4-2-3-5-12/h6-9,12,14H,2-5,10,16H2,1H3/t14-,15?/m1/s1. The van der Waals surface area contributed by atoms with Crippen molar-refractivity contribution in [2.75, 3.05) is 0 Å². The van der Waals surface area contributed by atoms with Crippen LogP contribution in [0.3, 0.4) is 0 Å². The number of rotatable bonds is 2. The highest BCUT2D eigenvalue weighted by molar-refractivity contribution is 5.39. The molecule has 2 atom stereocenters. The zero-order valence-electron chi connectivity index (χ0n) is 10.1. The van der Waals surface area contributed by atoms with Crippen LogP contribution in [0, 0.1) is 12.8 Å². The quantitative estimate of drug-likeness (QED) is 0.805. The van der Waals surface area contributed by atoms with E-state index in [1.807, 2.05) is 0 Å². The Bertz CT molecular complexity index is 375. The van der Waals surface area contributed by atoms with E-state index in [4.69, 9.17) is 5.73 Å². The molecule has 1 aromatic carbocycles. The first kappa shape index (κ1) is 10.3. The van der Waals surface area contributed by atoms with E-state index in [0.717, 1.165) is 5.92 Å². The molecule has 2 fully saturated rings. The van der Waals surface area contributed by atoms with Gasteiger partial charge in [0, 0.05) is 11.5 Å². The molecule has 2 saturated carbocycles. The maximum absolute atomic E-state index is 6.25. The Hall–Kier alpha value is -0.820. The third kappa shape index (κ3) is 1.41. The first-order chi connectivity index (χ1) is 7.73. The number of benzene rings is 1. The SMILES string of the molecule is Cc1ccc(C2(C3CCCC3)C[C@H]2N)cc1. The normalized spacial score (nSPS) is 34.2. The van der Waals surface area contributed by atoms with Crippen molar-refractivity contribution in [3.05, 3.63) is 35.4 Å². The summed E-state index contributed by atoms with van der Waals surface area (Å²) >= 11 is 0. The van der Waals surface area contributed by atoms with Crippen molar-refractivity contribution < 1.29 is 0 Å². The Morgan fingerprint density at radius 3 is 2.19 bits per heavy atom. The molecule has 1 unspecified atom stereocenters. The lowest BCUT2D eigenvalue weighted by Crippen LogP contribution is -2.26. The van der Waals surface area contributed by atoms with Crippen LogP contribution in [0.1, 0.15) is 43.2 Å². The van der Waals surface area contributed by atoms with Gasteiger partial charge in [-0.2, -0.15) is 0 Å². The maximum atomic E-state index is 6.25. The predicted octanol–water partition coefficient (Wildman–Crippen LogP) is 3.15. The van der Waals surface area contributed by atoms with Gasteiger partial charge in [0.1, 0.15) is 0 Å². The third-order valence-corrected chi connectivity index (χ3v) is 4.73. The van der Waals surface area contributed by atoms with E-state index in [2.05, 4.69) is 31.2 Å². The second kappa shape index (κ2) is 3.59. The van der Waals surface area contributed by atoms with Crippen LogP contribution < -0.4 is 5.73 Å². The molecule has 0 saturated heterocycles. The molecule has 0 spiro atoms. The molecular weight excluding hydrogens is 194 g/mol. The van der Waals surface area contributed by atoms with Crippen molar-refractivity contribution in [1.82, 2.24) is 0 Å². The molecule has 1 aromatic rings. The first-order valence-electron chi connectivity index (χ1n) is 6.56. The van der Waals surface area contributed by atoms with E-state index in [1.54, 1.807) is 0 Å². The molecule has 0 aliphatic heterocycles. The molecule has 0 aromatic heterocycles. The van der Waals surface area contributed by atoms with E-state index in [0.29, 0.717) is 11.5 Å². The Morgan fingerprint density at radius 2 is 1.69 bits per heavy atom. The van der Waals surface area contributed by atoms with Gasteiger partial charge in [0.05, 0.1) is 0 Å². The average molecular weight is 215 g/mol. The van der Waals surface area contributed by atoms with Crippen LogP contribution in [0.5, 0.6) is 0 Å². The Balaban J connectivity index is 1.93. The van der Waals surface area contributed by atoms with Gasteiger partial charge < -0.3 is 5.73 Å². The summed E-state index contributed by atoms with van der Waals surface area (Å²) in [5.74, 6) is 0.852. The van der Waals surface area contributed by atoms with Crippen molar-refractivity contribution >= 4 is 0 Å². The van der Waals surface area contributed by atoms with Crippen molar-refractivity contribution in [2.24, 2.45) is 11.7 Å². The molecule has 1 heteroatoms. The van der Waals surface area contributed by atoms with Gasteiger partial charge in [0.2, 0.25) is 0 Å². The Morgan fingerprint density at radius 1 is 1.12 bits per heavy atom. The average Bonchev–Trinajstić information content (AvgIpc) is 2.77. The van der Waals surface area contributed by atoms with E-state index in [-0.39, 0.29) is 0 Å². The van der Waals surface area contributed by atoms with Crippen LogP contribution in [0.15, 0.2) is 24.3 Å². The highest BCUT2D eigenvalue weighted by Gasteiger charge is 2.58. The van der Waals surface area contributed by atoms with Gasteiger partial charge in [-0.3, -0.25) is 0 Å². The van der Waals surface area contributed by atoms with Gasteiger partial charge in [-0.1, -0.05) is 42.7 Å². The molecule has 2 N–H and O–H groups in total. The highest BCUT2D eigenvalue weighted by atomic mass is 14.8. The fourth-order valence-corrected chi connectivity index (χ4v) is 3.65. The summed E-state index contributed by atoms with van der Waals surface area (Å²) in [4.78, 5) is 0. The van der Waals surface area contributed by atoms with E-state index < -0.39 is 0 Å². The van der Waals surface area contributed by atoms with Crippen LogP contribution in [0.4, 0.5) is 0 Å². The van der Waals surface area contributed by atoms with Crippen LogP contribution in [0.2, 0.25) is 0 Å². The fourth-order valence-electron chi connectivity index (χ4n) is 3.65. The second-order valence-corrected chi connectivity index (χ2v) is 5.70. The van der Waals surface area contributed by atoms with Gasteiger partial charge in [-0.15, -0.1) is 0 Å². The van der Waals surface area contributed by atoms with Gasteiger partial charge >= 0.3 is 0 Å². The van der Waals surface area contributed by atoms with Crippen LogP contribution >= 0.6 is 0 Å². The van der Waals surface area contributed by atoms with Gasteiger partial charge in [-0.25, -0.2) is 0 Å². The molecular formula is C15H21N. The predicted molar refractivity (Wildman–Crippen MR) is 67.4 cm³/mol. The Labute approximate surface area is 98.0 Å². The van der Waals surface area contributed by atoms with Crippen molar-refractivity contribution in [2.45, 2.75) is 50.5 Å². The molecule has 2 aliphatic rings. The molecule has 0 radical (unpaired) electrons. The summed E-state index contributed by atoms with van der Waals surface area (Å²) in [6.45, 7) is 2.15. The molecule has 16 heavy (non-hydrogen) atoms. The summed E-state index contributed by atoms with van der Waals surface area (Å²) in [5.41, 5.74) is 9.45. The maximum Gasteiger partial charge on any atom is 0.0149 e. The molecule has 0 amide bonds. The molecule has 0 bridgehead atoms. The summed E-state index contributed by atoms with van der Waals surface area (Å²) < 4.78 is 0. The topological polar surface area (TPSA) is 26.0 Å². The third-order valence-electron chi connectivity index (χ3n) is 4.73. The van der Waals surface area contributed by atoms with E-state index >= 15 is 0 Å². The molecule has 1 nitrogen and oxygen atoms in total.